The molecule has 1 aliphatic rings. The molecule has 194 valence electrons. The average molecular weight is 523 g/mol. The predicted octanol–water partition coefficient (Wildman–Crippen LogP) is 6.43. The van der Waals surface area contributed by atoms with Gasteiger partial charge in [-0.05, 0) is 48.9 Å². The number of fused-ring (bicyclic) bond motifs is 1. The lowest BCUT2D eigenvalue weighted by molar-refractivity contribution is -0.274. The number of halogens is 3. The van der Waals surface area contributed by atoms with E-state index in [4.69, 9.17) is 9.15 Å². The van der Waals surface area contributed by atoms with Gasteiger partial charge in [0.1, 0.15) is 5.75 Å². The molecule has 0 fully saturated rings. The van der Waals surface area contributed by atoms with Crippen LogP contribution < -0.4 is 14.4 Å². The minimum absolute atomic E-state index is 0.118. The van der Waals surface area contributed by atoms with Gasteiger partial charge in [0.25, 0.3) is 5.91 Å². The number of benzene rings is 3. The van der Waals surface area contributed by atoms with E-state index in [1.807, 2.05) is 13.0 Å². The first-order valence-electron chi connectivity index (χ1n) is 11.4. The summed E-state index contributed by atoms with van der Waals surface area (Å²) in [5.41, 5.74) is 1.59. The highest BCUT2D eigenvalue weighted by atomic mass is 19.4. The standard InChI is InChI=1S/C28H20F3NO6/c1-15-5-3-6-16(13-15)23-22(24(33)21-14-17-7-4-8-20(36-2)26(17)37-21)25(34)27(35)32(23)18-9-11-19(12-10-18)38-28(29,30)31/h3-14,23,34H,1-2H3. The number of methoxy groups -OCH3 is 1. The molecule has 10 heteroatoms. The number of hydrogen-bond donors (Lipinski definition) is 1. The van der Waals surface area contributed by atoms with Gasteiger partial charge in [0, 0.05) is 11.1 Å². The van der Waals surface area contributed by atoms with Gasteiger partial charge in [-0.1, -0.05) is 42.0 Å². The molecule has 4 aromatic rings. The van der Waals surface area contributed by atoms with E-state index in [2.05, 4.69) is 4.74 Å². The summed E-state index contributed by atoms with van der Waals surface area (Å²) in [6.45, 7) is 1.82. The molecule has 1 amide bonds. The van der Waals surface area contributed by atoms with Crippen LogP contribution in [0.1, 0.15) is 27.7 Å². The monoisotopic (exact) mass is 523 g/mol. The molecule has 0 saturated carbocycles. The smallest absolute Gasteiger partial charge is 0.503 e. The number of amides is 1. The normalized spacial score (nSPS) is 15.9. The van der Waals surface area contributed by atoms with E-state index >= 15 is 0 Å². The Labute approximate surface area is 214 Å². The van der Waals surface area contributed by atoms with Crippen LogP contribution >= 0.6 is 0 Å². The fourth-order valence-electron chi connectivity index (χ4n) is 4.51. The van der Waals surface area contributed by atoms with Gasteiger partial charge in [0.05, 0.1) is 18.7 Å². The van der Waals surface area contributed by atoms with E-state index in [1.54, 1.807) is 36.4 Å². The number of ketones is 1. The van der Waals surface area contributed by atoms with Gasteiger partial charge in [-0.25, -0.2) is 0 Å². The van der Waals surface area contributed by atoms with Crippen molar-refractivity contribution in [1.29, 1.82) is 0 Å². The molecule has 1 N–H and O–H groups in total. The molecule has 2 heterocycles. The van der Waals surface area contributed by atoms with E-state index < -0.39 is 35.6 Å². The van der Waals surface area contributed by atoms with Crippen molar-refractivity contribution in [1.82, 2.24) is 0 Å². The summed E-state index contributed by atoms with van der Waals surface area (Å²) in [6, 6.07) is 17.1. The van der Waals surface area contributed by atoms with Gasteiger partial charge in [0.2, 0.25) is 5.78 Å². The van der Waals surface area contributed by atoms with Crippen molar-refractivity contribution in [2.75, 3.05) is 12.0 Å². The number of alkyl halides is 3. The van der Waals surface area contributed by atoms with Crippen LogP contribution in [0, 0.1) is 6.92 Å². The van der Waals surface area contributed by atoms with Crippen molar-refractivity contribution >= 4 is 28.3 Å². The minimum Gasteiger partial charge on any atom is -0.503 e. The van der Waals surface area contributed by atoms with E-state index in [-0.39, 0.29) is 17.0 Å². The second-order valence-electron chi connectivity index (χ2n) is 8.61. The topological polar surface area (TPSA) is 89.2 Å². The highest BCUT2D eigenvalue weighted by molar-refractivity contribution is 6.20. The Balaban J connectivity index is 1.60. The van der Waals surface area contributed by atoms with Crippen molar-refractivity contribution in [3.8, 4) is 11.5 Å². The Bertz CT molecular complexity index is 1590. The zero-order valence-electron chi connectivity index (χ0n) is 20.1. The summed E-state index contributed by atoms with van der Waals surface area (Å²) in [5.74, 6) is -2.60. The average Bonchev–Trinajstić information content (AvgIpc) is 3.42. The summed E-state index contributed by atoms with van der Waals surface area (Å²) in [5, 5.41) is 11.5. The maximum absolute atomic E-state index is 13.8. The first-order valence-corrected chi connectivity index (χ1v) is 11.4. The molecule has 0 radical (unpaired) electrons. The quantitative estimate of drug-likeness (QED) is 0.293. The first kappa shape index (κ1) is 24.9. The Morgan fingerprint density at radius 2 is 1.74 bits per heavy atom. The second-order valence-corrected chi connectivity index (χ2v) is 8.61. The van der Waals surface area contributed by atoms with E-state index in [0.29, 0.717) is 22.3 Å². The lowest BCUT2D eigenvalue weighted by Gasteiger charge is -2.27. The number of nitrogens with zero attached hydrogens (tertiary/aromatic N) is 1. The van der Waals surface area contributed by atoms with Crippen LogP contribution in [0.15, 0.2) is 88.5 Å². The van der Waals surface area contributed by atoms with Gasteiger partial charge < -0.3 is 19.0 Å². The van der Waals surface area contributed by atoms with Crippen molar-refractivity contribution in [2.45, 2.75) is 19.3 Å². The molecular formula is C28H20F3NO6. The number of hydrogen-bond acceptors (Lipinski definition) is 6. The molecule has 1 aromatic heterocycles. The van der Waals surface area contributed by atoms with Crippen LogP contribution in [0.2, 0.25) is 0 Å². The molecule has 1 unspecified atom stereocenters. The van der Waals surface area contributed by atoms with E-state index in [9.17, 15) is 27.9 Å². The number of rotatable bonds is 6. The Morgan fingerprint density at radius 1 is 1.03 bits per heavy atom. The van der Waals surface area contributed by atoms with Crippen molar-refractivity contribution in [2.24, 2.45) is 0 Å². The molecular weight excluding hydrogens is 503 g/mol. The van der Waals surface area contributed by atoms with Crippen LogP contribution in [0.3, 0.4) is 0 Å². The maximum Gasteiger partial charge on any atom is 0.573 e. The lowest BCUT2D eigenvalue weighted by atomic mass is 9.94. The molecule has 0 aliphatic carbocycles. The van der Waals surface area contributed by atoms with Crippen LogP contribution in [0.4, 0.5) is 18.9 Å². The fraction of sp³-hybridized carbons (Fsp3) is 0.143. The van der Waals surface area contributed by atoms with Gasteiger partial charge >= 0.3 is 6.36 Å². The Morgan fingerprint density at radius 3 is 2.39 bits per heavy atom. The fourth-order valence-corrected chi connectivity index (χ4v) is 4.51. The number of aliphatic hydroxyl groups excluding tert-OH is 1. The van der Waals surface area contributed by atoms with Crippen molar-refractivity contribution in [3.05, 3.63) is 101 Å². The SMILES string of the molecule is COc1cccc2cc(C(=O)C3=C(O)C(=O)N(c4ccc(OC(F)(F)F)cc4)C3c3cccc(C)c3)oc12. The highest BCUT2D eigenvalue weighted by Gasteiger charge is 2.45. The zero-order valence-corrected chi connectivity index (χ0v) is 20.1. The molecule has 0 spiro atoms. The number of aliphatic hydroxyl groups is 1. The van der Waals surface area contributed by atoms with Crippen molar-refractivity contribution < 1.29 is 41.8 Å². The van der Waals surface area contributed by atoms with Crippen LogP contribution in [0.25, 0.3) is 11.0 Å². The molecule has 1 atom stereocenters. The highest BCUT2D eigenvalue weighted by Crippen LogP contribution is 2.43. The summed E-state index contributed by atoms with van der Waals surface area (Å²) < 4.78 is 52.9. The first-order chi connectivity index (χ1) is 18.1. The molecule has 38 heavy (non-hydrogen) atoms. The van der Waals surface area contributed by atoms with Crippen molar-refractivity contribution in [3.63, 3.8) is 0 Å². The summed E-state index contributed by atoms with van der Waals surface area (Å²) in [7, 11) is 1.46. The zero-order chi connectivity index (χ0) is 27.2. The molecule has 1 aliphatic heterocycles. The number of aryl methyl sites for hydroxylation is 1. The number of carbonyl (C=O) groups is 2. The molecule has 5 rings (SSSR count). The number of Topliss-reactive ketones (excluding diaryl/α,β-unsaturated/α-hetero) is 1. The van der Waals surface area contributed by atoms with Gasteiger partial charge in [-0.15, -0.1) is 13.2 Å². The summed E-state index contributed by atoms with van der Waals surface area (Å²) >= 11 is 0. The summed E-state index contributed by atoms with van der Waals surface area (Å²) in [4.78, 5) is 28.2. The Hall–Kier alpha value is -4.73. The second kappa shape index (κ2) is 9.29. The third kappa shape index (κ3) is 4.45. The van der Waals surface area contributed by atoms with E-state index in [0.717, 1.165) is 22.6 Å². The summed E-state index contributed by atoms with van der Waals surface area (Å²) in [6.07, 6.45) is -4.89. The molecule has 7 nitrogen and oxygen atoms in total. The van der Waals surface area contributed by atoms with Gasteiger partial charge in [-0.2, -0.15) is 0 Å². The number of anilines is 1. The van der Waals surface area contributed by atoms with Crippen LogP contribution in [0.5, 0.6) is 11.5 Å². The number of furan rings is 1. The third-order valence-corrected chi connectivity index (χ3v) is 6.11. The molecule has 0 saturated heterocycles. The molecule has 0 bridgehead atoms. The van der Waals surface area contributed by atoms with Gasteiger partial charge in [-0.3, -0.25) is 14.5 Å². The minimum atomic E-state index is -4.89. The Kier molecular flexibility index (Phi) is 6.10. The number of para-hydroxylation sites is 1. The number of ether oxygens (including phenoxy) is 2. The lowest BCUT2D eigenvalue weighted by Crippen LogP contribution is -2.31. The number of carbonyl (C=O) groups excluding carboxylic acids is 2. The predicted molar refractivity (Wildman–Crippen MR) is 131 cm³/mol. The van der Waals surface area contributed by atoms with Gasteiger partial charge in [0.15, 0.2) is 22.9 Å². The molecule has 3 aromatic carbocycles. The van der Waals surface area contributed by atoms with Crippen LogP contribution in [-0.2, 0) is 4.79 Å². The van der Waals surface area contributed by atoms with E-state index in [1.165, 1.54) is 25.3 Å². The largest absolute Gasteiger partial charge is 0.573 e. The van der Waals surface area contributed by atoms with Crippen LogP contribution in [-0.4, -0.2) is 30.3 Å². The maximum atomic E-state index is 13.8. The third-order valence-electron chi connectivity index (χ3n) is 6.11.